The van der Waals surface area contributed by atoms with Crippen LogP contribution < -0.4 is 20.7 Å². The number of aromatic nitrogens is 4. The van der Waals surface area contributed by atoms with E-state index in [2.05, 4.69) is 35.9 Å². The fraction of sp³-hybridized carbons (Fsp3) is 0.320. The number of ether oxygens (including phenoxy) is 1. The molecule has 1 amide bonds. The first kappa shape index (κ1) is 25.8. The summed E-state index contributed by atoms with van der Waals surface area (Å²) in [7, 11) is 0. The molecule has 38 heavy (non-hydrogen) atoms. The molecular formula is C25H24F3N7O2S. The molecule has 3 N–H and O–H groups in total. The molecule has 0 radical (unpaired) electrons. The lowest BCUT2D eigenvalue weighted by atomic mass is 10.1. The predicted octanol–water partition coefficient (Wildman–Crippen LogP) is 5.47. The highest BCUT2D eigenvalue weighted by Crippen LogP contribution is 2.36. The van der Waals surface area contributed by atoms with E-state index in [1.807, 2.05) is 13.0 Å². The molecule has 1 aromatic carbocycles. The third-order valence-electron chi connectivity index (χ3n) is 6.05. The van der Waals surface area contributed by atoms with Crippen LogP contribution in [0.25, 0.3) is 21.5 Å². The Morgan fingerprint density at radius 2 is 2.05 bits per heavy atom. The Morgan fingerprint density at radius 1 is 1.21 bits per heavy atom. The Morgan fingerprint density at radius 3 is 2.79 bits per heavy atom. The number of pyridine rings is 1. The van der Waals surface area contributed by atoms with Crippen LogP contribution in [0.1, 0.15) is 32.4 Å². The SMILES string of the molecule is CC(=O)Nc1nc2c(Oc3cc(-c4ccc(C(F)(F)F)nc4N[C@@H](C)[C@@H]4CCCN4)ncn3)cccc2s1. The van der Waals surface area contributed by atoms with E-state index in [4.69, 9.17) is 4.74 Å². The number of para-hydroxylation sites is 1. The van der Waals surface area contributed by atoms with E-state index >= 15 is 0 Å². The maximum Gasteiger partial charge on any atom is 0.433 e. The van der Waals surface area contributed by atoms with Gasteiger partial charge in [0, 0.05) is 30.6 Å². The minimum Gasteiger partial charge on any atom is -0.437 e. The van der Waals surface area contributed by atoms with Gasteiger partial charge in [-0.15, -0.1) is 0 Å². The summed E-state index contributed by atoms with van der Waals surface area (Å²) in [4.78, 5) is 28.2. The first-order valence-corrected chi connectivity index (χ1v) is 12.7. The largest absolute Gasteiger partial charge is 0.437 e. The van der Waals surface area contributed by atoms with E-state index in [-0.39, 0.29) is 29.7 Å². The van der Waals surface area contributed by atoms with E-state index in [1.165, 1.54) is 36.7 Å². The smallest absolute Gasteiger partial charge is 0.433 e. The number of rotatable bonds is 7. The molecule has 5 rings (SSSR count). The number of benzene rings is 1. The number of thiazole rings is 1. The zero-order chi connectivity index (χ0) is 26.9. The van der Waals surface area contributed by atoms with Gasteiger partial charge in [0.25, 0.3) is 0 Å². The van der Waals surface area contributed by atoms with Crippen LogP contribution in [0.3, 0.4) is 0 Å². The Hall–Kier alpha value is -3.84. The van der Waals surface area contributed by atoms with E-state index in [0.29, 0.717) is 27.7 Å². The van der Waals surface area contributed by atoms with Gasteiger partial charge in [0.1, 0.15) is 23.4 Å². The molecule has 0 saturated carbocycles. The number of hydrogen-bond donors (Lipinski definition) is 3. The zero-order valence-corrected chi connectivity index (χ0v) is 21.3. The third kappa shape index (κ3) is 5.68. The van der Waals surface area contributed by atoms with E-state index in [0.717, 1.165) is 30.2 Å². The van der Waals surface area contributed by atoms with Gasteiger partial charge in [0.05, 0.1) is 10.4 Å². The molecule has 1 fully saturated rings. The van der Waals surface area contributed by atoms with Crippen LogP contribution in [0.4, 0.5) is 24.1 Å². The van der Waals surface area contributed by atoms with Crippen molar-refractivity contribution >= 4 is 38.4 Å². The molecule has 198 valence electrons. The van der Waals surface area contributed by atoms with Gasteiger partial charge in [0.2, 0.25) is 11.8 Å². The molecule has 1 saturated heterocycles. The first-order chi connectivity index (χ1) is 18.2. The maximum absolute atomic E-state index is 13.5. The summed E-state index contributed by atoms with van der Waals surface area (Å²) in [5, 5.41) is 9.61. The number of alkyl halides is 3. The Balaban J connectivity index is 1.47. The van der Waals surface area contributed by atoms with Crippen LogP contribution in [-0.4, -0.2) is 44.5 Å². The van der Waals surface area contributed by atoms with Gasteiger partial charge in [-0.05, 0) is 50.6 Å². The fourth-order valence-corrected chi connectivity index (χ4v) is 5.18. The minimum absolute atomic E-state index is 0.0761. The van der Waals surface area contributed by atoms with Crippen molar-refractivity contribution in [3.05, 3.63) is 48.4 Å². The molecule has 4 aromatic rings. The zero-order valence-electron chi connectivity index (χ0n) is 20.5. The van der Waals surface area contributed by atoms with Gasteiger partial charge in [-0.2, -0.15) is 13.2 Å². The quantitative estimate of drug-likeness (QED) is 0.281. The van der Waals surface area contributed by atoms with Crippen molar-refractivity contribution < 1.29 is 22.7 Å². The normalized spacial score (nSPS) is 16.4. The summed E-state index contributed by atoms with van der Waals surface area (Å²) in [6.07, 6.45) is -1.39. The highest BCUT2D eigenvalue weighted by Gasteiger charge is 2.34. The lowest BCUT2D eigenvalue weighted by Crippen LogP contribution is -2.38. The molecular weight excluding hydrogens is 519 g/mol. The first-order valence-electron chi connectivity index (χ1n) is 11.9. The number of carbonyl (C=O) groups is 1. The van der Waals surface area contributed by atoms with Crippen molar-refractivity contribution in [3.63, 3.8) is 0 Å². The van der Waals surface area contributed by atoms with Crippen LogP contribution in [0, 0.1) is 0 Å². The van der Waals surface area contributed by atoms with Crippen molar-refractivity contribution in [2.75, 3.05) is 17.2 Å². The topological polar surface area (TPSA) is 114 Å². The number of nitrogens with one attached hydrogen (secondary N) is 3. The molecule has 4 heterocycles. The molecule has 2 atom stereocenters. The molecule has 1 aliphatic rings. The van der Waals surface area contributed by atoms with Crippen LogP contribution >= 0.6 is 11.3 Å². The second-order valence-corrected chi connectivity index (χ2v) is 9.90. The number of nitrogens with zero attached hydrogens (tertiary/aromatic N) is 4. The Kier molecular flexibility index (Phi) is 7.13. The summed E-state index contributed by atoms with van der Waals surface area (Å²) in [5.74, 6) is 0.421. The number of carbonyl (C=O) groups excluding carboxylic acids is 1. The molecule has 0 unspecified atom stereocenters. The van der Waals surface area contributed by atoms with Crippen molar-refractivity contribution in [2.24, 2.45) is 0 Å². The molecule has 0 spiro atoms. The van der Waals surface area contributed by atoms with Gasteiger partial charge in [-0.25, -0.2) is 19.9 Å². The molecule has 9 nitrogen and oxygen atoms in total. The van der Waals surface area contributed by atoms with Crippen molar-refractivity contribution in [2.45, 2.75) is 44.9 Å². The average Bonchev–Trinajstić information content (AvgIpc) is 3.54. The summed E-state index contributed by atoms with van der Waals surface area (Å²) in [5.41, 5.74) is 0.272. The van der Waals surface area contributed by atoms with Gasteiger partial charge < -0.3 is 20.7 Å². The van der Waals surface area contributed by atoms with E-state index < -0.39 is 11.9 Å². The third-order valence-corrected chi connectivity index (χ3v) is 6.99. The summed E-state index contributed by atoms with van der Waals surface area (Å²) in [6, 6.07) is 9.12. The minimum atomic E-state index is -4.59. The number of hydrogen-bond acceptors (Lipinski definition) is 9. The van der Waals surface area contributed by atoms with Gasteiger partial charge >= 0.3 is 6.18 Å². The summed E-state index contributed by atoms with van der Waals surface area (Å²) in [6.45, 7) is 4.17. The van der Waals surface area contributed by atoms with Crippen LogP contribution in [0.15, 0.2) is 42.7 Å². The van der Waals surface area contributed by atoms with Crippen LogP contribution in [0.5, 0.6) is 11.6 Å². The number of fused-ring (bicyclic) bond motifs is 1. The molecule has 0 aliphatic carbocycles. The molecule has 1 aliphatic heterocycles. The standard InChI is InChI=1S/C25H24F3N7O2S/c1-13(16-5-4-10-29-16)32-23-15(8-9-20(34-23)25(26,27)28)17-11-21(31-12-30-17)37-18-6-3-7-19-22(18)35-24(38-19)33-14(2)36/h3,6-9,11-13,16,29H,4-5,10H2,1-2H3,(H,32,34)(H,33,35,36)/t13-,16-/m0/s1. The average molecular weight is 544 g/mol. The predicted molar refractivity (Wildman–Crippen MR) is 138 cm³/mol. The number of anilines is 2. The second-order valence-electron chi connectivity index (χ2n) is 8.87. The second kappa shape index (κ2) is 10.5. The number of halogens is 3. The monoisotopic (exact) mass is 543 g/mol. The van der Waals surface area contributed by atoms with Gasteiger partial charge in [-0.1, -0.05) is 17.4 Å². The summed E-state index contributed by atoms with van der Waals surface area (Å²) < 4.78 is 47.2. The Bertz CT molecular complexity index is 1470. The molecule has 0 bridgehead atoms. The van der Waals surface area contributed by atoms with E-state index in [1.54, 1.807) is 12.1 Å². The lowest BCUT2D eigenvalue weighted by Gasteiger charge is -2.23. The molecule has 13 heteroatoms. The van der Waals surface area contributed by atoms with E-state index in [9.17, 15) is 18.0 Å². The maximum atomic E-state index is 13.5. The highest BCUT2D eigenvalue weighted by atomic mass is 32.1. The van der Waals surface area contributed by atoms with Crippen molar-refractivity contribution in [1.29, 1.82) is 0 Å². The van der Waals surface area contributed by atoms with Gasteiger partial charge in [-0.3, -0.25) is 4.79 Å². The number of amides is 1. The highest BCUT2D eigenvalue weighted by molar-refractivity contribution is 7.22. The lowest BCUT2D eigenvalue weighted by molar-refractivity contribution is -0.141. The van der Waals surface area contributed by atoms with Gasteiger partial charge in [0.15, 0.2) is 10.9 Å². The Labute approximate surface area is 219 Å². The van der Waals surface area contributed by atoms with Crippen LogP contribution in [-0.2, 0) is 11.0 Å². The molecule has 3 aromatic heterocycles. The van der Waals surface area contributed by atoms with Crippen molar-refractivity contribution in [1.82, 2.24) is 25.3 Å². The van der Waals surface area contributed by atoms with Crippen LogP contribution in [0.2, 0.25) is 0 Å². The summed E-state index contributed by atoms with van der Waals surface area (Å²) >= 11 is 1.30. The fourth-order valence-electron chi connectivity index (χ4n) is 4.25. The van der Waals surface area contributed by atoms with Crippen molar-refractivity contribution in [3.8, 4) is 22.9 Å².